The van der Waals surface area contributed by atoms with Crippen molar-refractivity contribution >= 4 is 0 Å². The molecule has 8 heteroatoms. The molecule has 4 aromatic rings. The summed E-state index contributed by atoms with van der Waals surface area (Å²) >= 11 is 0. The standard InChI is InChI=1S/4C10H16N2/c2*1-7(2)9-5-10(8(3)4)12-11-6-9;1-7(2)9-5-6-11-10(12-9)8(3)4;1-7(2)9-5-6-10(8(3)4)12-11-9/h4*5-8H,1-4H3. The molecule has 0 radical (unpaired) electrons. The summed E-state index contributed by atoms with van der Waals surface area (Å²) < 4.78 is 0. The first-order valence-electron chi connectivity index (χ1n) is 17.8. The van der Waals surface area contributed by atoms with E-state index < -0.39 is 0 Å². The van der Waals surface area contributed by atoms with Gasteiger partial charge in [0.15, 0.2) is 0 Å². The lowest BCUT2D eigenvalue weighted by Gasteiger charge is -2.07. The van der Waals surface area contributed by atoms with Crippen LogP contribution in [0.15, 0.2) is 48.9 Å². The first-order valence-corrected chi connectivity index (χ1v) is 17.8. The molecular weight excluding hydrogens is 592 g/mol. The van der Waals surface area contributed by atoms with Crippen LogP contribution in [-0.4, -0.2) is 40.6 Å². The fourth-order valence-electron chi connectivity index (χ4n) is 3.95. The third kappa shape index (κ3) is 15.5. The van der Waals surface area contributed by atoms with E-state index in [1.165, 1.54) is 11.1 Å². The summed E-state index contributed by atoms with van der Waals surface area (Å²) in [6, 6.07) is 10.4. The molecule has 4 aromatic heterocycles. The molecule has 264 valence electrons. The van der Waals surface area contributed by atoms with Gasteiger partial charge in [-0.15, -0.1) is 0 Å². The van der Waals surface area contributed by atoms with Gasteiger partial charge in [-0.05, 0) is 82.9 Å². The van der Waals surface area contributed by atoms with Crippen LogP contribution < -0.4 is 0 Å². The number of nitrogens with zero attached hydrogens (tertiary/aromatic N) is 8. The van der Waals surface area contributed by atoms with Crippen LogP contribution in [0.1, 0.15) is 204 Å². The molecule has 0 aromatic carbocycles. The van der Waals surface area contributed by atoms with Crippen LogP contribution in [0.2, 0.25) is 0 Å². The van der Waals surface area contributed by atoms with E-state index in [0.29, 0.717) is 47.3 Å². The molecule has 4 rings (SSSR count). The Hall–Kier alpha value is -3.68. The Morgan fingerprint density at radius 3 is 1.04 bits per heavy atom. The molecule has 0 N–H and O–H groups in total. The van der Waals surface area contributed by atoms with E-state index in [2.05, 4.69) is 176 Å². The van der Waals surface area contributed by atoms with E-state index in [-0.39, 0.29) is 0 Å². The predicted octanol–water partition coefficient (Wildman–Crippen LogP) is 10.9. The lowest BCUT2D eigenvalue weighted by molar-refractivity contribution is 0.729. The largest absolute Gasteiger partial charge is 0.241 e. The third-order valence-corrected chi connectivity index (χ3v) is 7.60. The highest BCUT2D eigenvalue weighted by Crippen LogP contribution is 2.19. The molecule has 8 nitrogen and oxygen atoms in total. The van der Waals surface area contributed by atoms with Crippen LogP contribution in [0.4, 0.5) is 0 Å². The number of rotatable bonds is 8. The smallest absolute Gasteiger partial charge is 0.131 e. The molecule has 0 bridgehead atoms. The van der Waals surface area contributed by atoms with Crippen molar-refractivity contribution in [3.05, 3.63) is 94.3 Å². The Morgan fingerprint density at radius 2 is 0.750 bits per heavy atom. The molecule has 0 aliphatic rings. The Bertz CT molecular complexity index is 1210. The minimum atomic E-state index is 0.420. The van der Waals surface area contributed by atoms with Gasteiger partial charge in [-0.25, -0.2) is 9.97 Å². The van der Waals surface area contributed by atoms with Crippen molar-refractivity contribution in [2.24, 2.45) is 0 Å². The molecule has 0 atom stereocenters. The molecule has 0 saturated heterocycles. The second-order valence-electron chi connectivity index (χ2n) is 14.8. The van der Waals surface area contributed by atoms with E-state index in [0.717, 1.165) is 34.3 Å². The van der Waals surface area contributed by atoms with E-state index in [4.69, 9.17) is 0 Å². The van der Waals surface area contributed by atoms with Crippen molar-refractivity contribution in [2.75, 3.05) is 0 Å². The number of hydrogen-bond donors (Lipinski definition) is 0. The van der Waals surface area contributed by atoms with Crippen LogP contribution in [0, 0.1) is 0 Å². The Morgan fingerprint density at radius 1 is 0.375 bits per heavy atom. The Balaban J connectivity index is 0.000000320. The van der Waals surface area contributed by atoms with Crippen LogP contribution >= 0.6 is 0 Å². The molecule has 0 spiro atoms. The average Bonchev–Trinajstić information content (AvgIpc) is 3.05. The van der Waals surface area contributed by atoms with Gasteiger partial charge in [0.05, 0.1) is 35.2 Å². The van der Waals surface area contributed by atoms with E-state index in [1.807, 2.05) is 24.7 Å². The van der Waals surface area contributed by atoms with Crippen molar-refractivity contribution in [2.45, 2.75) is 158 Å². The van der Waals surface area contributed by atoms with Crippen LogP contribution in [-0.2, 0) is 0 Å². The van der Waals surface area contributed by atoms with Crippen molar-refractivity contribution in [1.29, 1.82) is 0 Å². The summed E-state index contributed by atoms with van der Waals surface area (Å²) in [6.45, 7) is 34.2. The van der Waals surface area contributed by atoms with Gasteiger partial charge in [-0.1, -0.05) is 111 Å². The van der Waals surface area contributed by atoms with Crippen LogP contribution in [0.5, 0.6) is 0 Å². The zero-order valence-corrected chi connectivity index (χ0v) is 32.8. The minimum absolute atomic E-state index is 0.420. The normalized spacial score (nSPS) is 11.2. The van der Waals surface area contributed by atoms with Gasteiger partial charge in [0.2, 0.25) is 0 Å². The number of hydrogen-bond acceptors (Lipinski definition) is 8. The molecule has 0 unspecified atom stereocenters. The van der Waals surface area contributed by atoms with E-state index in [1.54, 1.807) is 0 Å². The molecule has 4 heterocycles. The highest BCUT2D eigenvalue weighted by molar-refractivity contribution is 5.19. The van der Waals surface area contributed by atoms with E-state index in [9.17, 15) is 0 Å². The second kappa shape index (κ2) is 21.3. The molecule has 0 fully saturated rings. The number of aromatic nitrogens is 8. The molecular formula is C40H64N8. The SMILES string of the molecule is CC(C)c1ccc(C(C)C)nn1.CC(C)c1ccnc(C(C)C)n1.CC(C)c1cnnc(C(C)C)c1.CC(C)c1cnnc(C(C)C)c1. The molecule has 0 aliphatic heterocycles. The first-order chi connectivity index (χ1) is 22.4. The van der Waals surface area contributed by atoms with Gasteiger partial charge >= 0.3 is 0 Å². The summed E-state index contributed by atoms with van der Waals surface area (Å²) in [7, 11) is 0. The van der Waals surface area contributed by atoms with Crippen molar-refractivity contribution < 1.29 is 0 Å². The summed E-state index contributed by atoms with van der Waals surface area (Å²) in [5, 5.41) is 24.4. The monoisotopic (exact) mass is 657 g/mol. The topological polar surface area (TPSA) is 103 Å². The maximum absolute atomic E-state index is 4.46. The minimum Gasteiger partial charge on any atom is -0.241 e. The van der Waals surface area contributed by atoms with Gasteiger partial charge in [0, 0.05) is 17.8 Å². The molecule has 0 amide bonds. The Kier molecular flexibility index (Phi) is 18.8. The molecule has 48 heavy (non-hydrogen) atoms. The highest BCUT2D eigenvalue weighted by Gasteiger charge is 2.07. The van der Waals surface area contributed by atoms with E-state index >= 15 is 0 Å². The lowest BCUT2D eigenvalue weighted by Crippen LogP contribution is -2.01. The zero-order chi connectivity index (χ0) is 36.6. The molecule has 0 aliphatic carbocycles. The quantitative estimate of drug-likeness (QED) is 0.184. The lowest BCUT2D eigenvalue weighted by atomic mass is 10.0. The fraction of sp³-hybridized carbons (Fsp3) is 0.600. The highest BCUT2D eigenvalue weighted by atomic mass is 15.1. The van der Waals surface area contributed by atoms with Gasteiger partial charge in [-0.2, -0.15) is 30.6 Å². The second-order valence-corrected chi connectivity index (χ2v) is 14.8. The van der Waals surface area contributed by atoms with Crippen LogP contribution in [0.25, 0.3) is 0 Å². The van der Waals surface area contributed by atoms with Crippen molar-refractivity contribution in [1.82, 2.24) is 40.6 Å². The first kappa shape index (κ1) is 42.3. The van der Waals surface area contributed by atoms with Crippen LogP contribution in [0.3, 0.4) is 0 Å². The predicted molar refractivity (Wildman–Crippen MR) is 201 cm³/mol. The maximum atomic E-state index is 4.46. The van der Waals surface area contributed by atoms with Gasteiger partial charge in [0.1, 0.15) is 5.82 Å². The van der Waals surface area contributed by atoms with Gasteiger partial charge in [0.25, 0.3) is 0 Å². The summed E-state index contributed by atoms with van der Waals surface area (Å²) in [6.07, 6.45) is 5.53. The van der Waals surface area contributed by atoms with Gasteiger partial charge < -0.3 is 0 Å². The van der Waals surface area contributed by atoms with Crippen molar-refractivity contribution in [3.8, 4) is 0 Å². The maximum Gasteiger partial charge on any atom is 0.131 e. The Labute approximate surface area is 292 Å². The summed E-state index contributed by atoms with van der Waals surface area (Å²) in [5.41, 5.74) is 7.98. The van der Waals surface area contributed by atoms with Crippen molar-refractivity contribution in [3.63, 3.8) is 0 Å². The zero-order valence-electron chi connectivity index (χ0n) is 32.8. The fourth-order valence-corrected chi connectivity index (χ4v) is 3.95. The third-order valence-electron chi connectivity index (χ3n) is 7.60. The van der Waals surface area contributed by atoms with Gasteiger partial charge in [-0.3, -0.25) is 0 Å². The summed E-state index contributed by atoms with van der Waals surface area (Å²) in [5.74, 6) is 4.82. The molecule has 0 saturated carbocycles. The average molecular weight is 657 g/mol. The summed E-state index contributed by atoms with van der Waals surface area (Å²) in [4.78, 5) is 8.67.